The molecule has 1 aromatic carbocycles. The smallest absolute Gasteiger partial charge is 0.180 e. The predicted molar refractivity (Wildman–Crippen MR) is 60.5 cm³/mol. The topological polar surface area (TPSA) is 38.9 Å². The lowest BCUT2D eigenvalue weighted by Crippen LogP contribution is -1.87. The zero-order chi connectivity index (χ0) is 10.8. The molecule has 0 atom stereocenters. The van der Waals surface area contributed by atoms with Gasteiger partial charge < -0.3 is 5.73 Å². The van der Waals surface area contributed by atoms with Crippen molar-refractivity contribution in [3.05, 3.63) is 46.2 Å². The van der Waals surface area contributed by atoms with Crippen molar-refractivity contribution < 1.29 is 4.39 Å². The third-order valence-corrected chi connectivity index (χ3v) is 3.17. The highest BCUT2D eigenvalue weighted by Gasteiger charge is 2.05. The van der Waals surface area contributed by atoms with Gasteiger partial charge in [-0.25, -0.2) is 9.37 Å². The molecule has 0 aliphatic rings. The fourth-order valence-electron chi connectivity index (χ4n) is 1.40. The van der Waals surface area contributed by atoms with Crippen molar-refractivity contribution >= 4 is 16.5 Å². The van der Waals surface area contributed by atoms with Gasteiger partial charge in [0, 0.05) is 11.3 Å². The number of hydrogen-bond acceptors (Lipinski definition) is 3. The normalized spacial score (nSPS) is 10.5. The highest BCUT2D eigenvalue weighted by atomic mass is 32.1. The van der Waals surface area contributed by atoms with E-state index in [1.807, 2.05) is 6.92 Å². The molecule has 78 valence electrons. The Balaban J connectivity index is 2.21. The van der Waals surface area contributed by atoms with Crippen molar-refractivity contribution in [3.8, 4) is 0 Å². The molecule has 0 amide bonds. The van der Waals surface area contributed by atoms with E-state index in [9.17, 15) is 4.39 Å². The first kappa shape index (κ1) is 10.1. The van der Waals surface area contributed by atoms with Crippen LogP contribution < -0.4 is 5.73 Å². The molecular weight excluding hydrogens is 211 g/mol. The van der Waals surface area contributed by atoms with Crippen LogP contribution in [0.5, 0.6) is 0 Å². The van der Waals surface area contributed by atoms with Crippen LogP contribution in [0.15, 0.2) is 24.3 Å². The zero-order valence-corrected chi connectivity index (χ0v) is 9.14. The number of benzene rings is 1. The third-order valence-electron chi connectivity index (χ3n) is 2.19. The van der Waals surface area contributed by atoms with Crippen LogP contribution in [0.25, 0.3) is 0 Å². The van der Waals surface area contributed by atoms with E-state index < -0.39 is 0 Å². The minimum absolute atomic E-state index is 0.209. The van der Waals surface area contributed by atoms with E-state index in [0.717, 1.165) is 22.6 Å². The molecule has 0 saturated heterocycles. The Morgan fingerprint density at radius 2 is 2.00 bits per heavy atom. The summed E-state index contributed by atoms with van der Waals surface area (Å²) < 4.78 is 12.7. The Bertz CT molecular complexity index is 462. The van der Waals surface area contributed by atoms with Gasteiger partial charge in [0.2, 0.25) is 0 Å². The van der Waals surface area contributed by atoms with Crippen LogP contribution in [-0.4, -0.2) is 4.98 Å². The minimum atomic E-state index is -0.209. The summed E-state index contributed by atoms with van der Waals surface area (Å²) in [5.74, 6) is -0.209. The van der Waals surface area contributed by atoms with Crippen LogP contribution in [-0.2, 0) is 6.42 Å². The largest absolute Gasteiger partial charge is 0.375 e. The zero-order valence-electron chi connectivity index (χ0n) is 8.33. The molecule has 0 spiro atoms. The van der Waals surface area contributed by atoms with Crippen LogP contribution in [0, 0.1) is 12.7 Å². The molecule has 2 N–H and O–H groups in total. The number of hydrogen-bond donors (Lipinski definition) is 1. The van der Waals surface area contributed by atoms with Crippen molar-refractivity contribution in [1.29, 1.82) is 0 Å². The van der Waals surface area contributed by atoms with Crippen molar-refractivity contribution in [2.24, 2.45) is 0 Å². The number of nitrogen functional groups attached to an aromatic ring is 1. The maximum Gasteiger partial charge on any atom is 0.180 e. The Morgan fingerprint density at radius 3 is 2.53 bits per heavy atom. The maximum absolute atomic E-state index is 12.7. The third kappa shape index (κ3) is 2.33. The van der Waals surface area contributed by atoms with Crippen LogP contribution in [0.4, 0.5) is 9.52 Å². The molecule has 2 rings (SSSR count). The van der Waals surface area contributed by atoms with E-state index >= 15 is 0 Å². The molecule has 0 aliphatic heterocycles. The molecule has 1 heterocycles. The fraction of sp³-hybridized carbons (Fsp3) is 0.182. The Kier molecular flexibility index (Phi) is 2.68. The molecule has 0 radical (unpaired) electrons. The summed E-state index contributed by atoms with van der Waals surface area (Å²) in [6.45, 7) is 1.94. The lowest BCUT2D eigenvalue weighted by Gasteiger charge is -1.99. The van der Waals surface area contributed by atoms with Crippen LogP contribution in [0.3, 0.4) is 0 Å². The lowest BCUT2D eigenvalue weighted by atomic mass is 10.1. The van der Waals surface area contributed by atoms with Crippen molar-refractivity contribution in [1.82, 2.24) is 4.98 Å². The molecule has 0 unspecified atom stereocenters. The standard InChI is InChI=1S/C11H11FN2S/c1-7-10(15-11(13)14-7)6-8-2-4-9(12)5-3-8/h2-5H,6H2,1H3,(H2,13,14). The first-order valence-electron chi connectivity index (χ1n) is 4.61. The highest BCUT2D eigenvalue weighted by molar-refractivity contribution is 7.15. The van der Waals surface area contributed by atoms with Gasteiger partial charge in [0.05, 0.1) is 5.69 Å². The van der Waals surface area contributed by atoms with Gasteiger partial charge in [-0.1, -0.05) is 12.1 Å². The summed E-state index contributed by atoms with van der Waals surface area (Å²) >= 11 is 1.49. The number of nitrogens with zero attached hydrogens (tertiary/aromatic N) is 1. The average Bonchev–Trinajstić information content (AvgIpc) is 2.49. The first-order valence-corrected chi connectivity index (χ1v) is 5.43. The molecule has 0 aliphatic carbocycles. The number of aromatic nitrogens is 1. The summed E-state index contributed by atoms with van der Waals surface area (Å²) in [6.07, 6.45) is 0.765. The van der Waals surface area contributed by atoms with Gasteiger partial charge in [0.25, 0.3) is 0 Å². The molecule has 2 aromatic rings. The van der Waals surface area contributed by atoms with E-state index in [2.05, 4.69) is 4.98 Å². The summed E-state index contributed by atoms with van der Waals surface area (Å²) in [6, 6.07) is 6.50. The van der Waals surface area contributed by atoms with Gasteiger partial charge in [-0.2, -0.15) is 0 Å². The summed E-state index contributed by atoms with van der Waals surface area (Å²) in [5, 5.41) is 0.588. The number of nitrogens with two attached hydrogens (primary N) is 1. The number of halogens is 1. The van der Waals surface area contributed by atoms with Gasteiger partial charge in [-0.15, -0.1) is 11.3 Å². The number of rotatable bonds is 2. The Labute approximate surface area is 91.6 Å². The first-order chi connectivity index (χ1) is 7.15. The van der Waals surface area contributed by atoms with E-state index in [4.69, 9.17) is 5.73 Å². The number of anilines is 1. The molecule has 0 fully saturated rings. The quantitative estimate of drug-likeness (QED) is 0.848. The molecular formula is C11H11FN2S. The van der Waals surface area contributed by atoms with E-state index in [1.165, 1.54) is 23.5 Å². The summed E-state index contributed by atoms with van der Waals surface area (Å²) in [7, 11) is 0. The molecule has 0 saturated carbocycles. The van der Waals surface area contributed by atoms with E-state index in [1.54, 1.807) is 12.1 Å². The van der Waals surface area contributed by atoms with Gasteiger partial charge in [-0.3, -0.25) is 0 Å². The Morgan fingerprint density at radius 1 is 1.33 bits per heavy atom. The van der Waals surface area contributed by atoms with Gasteiger partial charge in [-0.05, 0) is 24.6 Å². The second kappa shape index (κ2) is 3.98. The van der Waals surface area contributed by atoms with Crippen LogP contribution in [0.2, 0.25) is 0 Å². The van der Waals surface area contributed by atoms with Gasteiger partial charge >= 0.3 is 0 Å². The second-order valence-corrected chi connectivity index (χ2v) is 4.48. The fourth-order valence-corrected chi connectivity index (χ4v) is 2.27. The number of thiazole rings is 1. The van der Waals surface area contributed by atoms with E-state index in [0.29, 0.717) is 5.13 Å². The molecule has 15 heavy (non-hydrogen) atoms. The number of aryl methyl sites for hydroxylation is 1. The predicted octanol–water partition coefficient (Wildman–Crippen LogP) is 2.76. The van der Waals surface area contributed by atoms with Crippen LogP contribution in [0.1, 0.15) is 16.1 Å². The summed E-state index contributed by atoms with van der Waals surface area (Å²) in [5.41, 5.74) is 7.64. The Hall–Kier alpha value is -1.42. The molecule has 0 bridgehead atoms. The minimum Gasteiger partial charge on any atom is -0.375 e. The monoisotopic (exact) mass is 222 g/mol. The van der Waals surface area contributed by atoms with Gasteiger partial charge in [0.15, 0.2) is 5.13 Å². The van der Waals surface area contributed by atoms with Crippen molar-refractivity contribution in [2.75, 3.05) is 5.73 Å². The van der Waals surface area contributed by atoms with Crippen molar-refractivity contribution in [2.45, 2.75) is 13.3 Å². The van der Waals surface area contributed by atoms with E-state index in [-0.39, 0.29) is 5.82 Å². The summed E-state index contributed by atoms with van der Waals surface area (Å²) in [4.78, 5) is 5.29. The lowest BCUT2D eigenvalue weighted by molar-refractivity contribution is 0.627. The maximum atomic E-state index is 12.7. The molecule has 4 heteroatoms. The SMILES string of the molecule is Cc1nc(N)sc1Cc1ccc(F)cc1. The van der Waals surface area contributed by atoms with Crippen molar-refractivity contribution in [3.63, 3.8) is 0 Å². The highest BCUT2D eigenvalue weighted by Crippen LogP contribution is 2.22. The average molecular weight is 222 g/mol. The van der Waals surface area contributed by atoms with Crippen LogP contribution >= 0.6 is 11.3 Å². The second-order valence-electron chi connectivity index (χ2n) is 3.36. The molecule has 1 aromatic heterocycles. The molecule has 2 nitrogen and oxygen atoms in total. The van der Waals surface area contributed by atoms with Gasteiger partial charge in [0.1, 0.15) is 5.82 Å².